The van der Waals surface area contributed by atoms with Crippen LogP contribution in [-0.4, -0.2) is 6.04 Å². The Labute approximate surface area is 75.6 Å². The highest BCUT2D eigenvalue weighted by Crippen LogP contribution is 2.07. The minimum Gasteiger partial charge on any atom is -0.388 e. The van der Waals surface area contributed by atoms with Crippen molar-refractivity contribution in [2.75, 3.05) is 0 Å². The van der Waals surface area contributed by atoms with Crippen LogP contribution in [0.2, 0.25) is 0 Å². The lowest BCUT2D eigenvalue weighted by molar-refractivity contribution is 0.536. The summed E-state index contributed by atoms with van der Waals surface area (Å²) < 4.78 is 0. The van der Waals surface area contributed by atoms with Crippen LogP contribution in [0.15, 0.2) is 24.4 Å². The standard InChI is InChI=1S/C11H19N/c1-11-9-7-5-3-2-4-6-8-10-12-11/h4,6,8,10-12H,2-3,5,7,9H2,1H3/b6-4-,10-8-. The highest BCUT2D eigenvalue weighted by Gasteiger charge is 1.97. The van der Waals surface area contributed by atoms with E-state index in [9.17, 15) is 0 Å². The normalized spacial score (nSPS) is 31.2. The minimum atomic E-state index is 0.632. The van der Waals surface area contributed by atoms with E-state index in [1.54, 1.807) is 0 Å². The highest BCUT2D eigenvalue weighted by molar-refractivity contribution is 5.02. The van der Waals surface area contributed by atoms with Gasteiger partial charge in [0.1, 0.15) is 0 Å². The molecule has 0 aliphatic carbocycles. The summed E-state index contributed by atoms with van der Waals surface area (Å²) in [5.74, 6) is 0. The Hall–Kier alpha value is -0.720. The van der Waals surface area contributed by atoms with Gasteiger partial charge in [0.15, 0.2) is 0 Å². The van der Waals surface area contributed by atoms with E-state index in [1.165, 1.54) is 32.1 Å². The lowest BCUT2D eigenvalue weighted by Gasteiger charge is -2.10. The van der Waals surface area contributed by atoms with Crippen LogP contribution in [0, 0.1) is 0 Å². The molecule has 68 valence electrons. The van der Waals surface area contributed by atoms with E-state index in [4.69, 9.17) is 0 Å². The first-order valence-corrected chi connectivity index (χ1v) is 4.97. The number of hydrogen-bond acceptors (Lipinski definition) is 1. The van der Waals surface area contributed by atoms with Crippen molar-refractivity contribution in [2.45, 2.75) is 45.1 Å². The van der Waals surface area contributed by atoms with Crippen LogP contribution in [0.25, 0.3) is 0 Å². The fourth-order valence-electron chi connectivity index (χ4n) is 1.42. The zero-order valence-electron chi connectivity index (χ0n) is 7.92. The van der Waals surface area contributed by atoms with Gasteiger partial charge < -0.3 is 5.32 Å². The lowest BCUT2D eigenvalue weighted by Crippen LogP contribution is -2.19. The molecule has 0 bridgehead atoms. The average Bonchev–Trinajstić information content (AvgIpc) is 2.11. The van der Waals surface area contributed by atoms with E-state index < -0.39 is 0 Å². The van der Waals surface area contributed by atoms with Crippen LogP contribution in [0.3, 0.4) is 0 Å². The maximum atomic E-state index is 3.35. The fourth-order valence-corrected chi connectivity index (χ4v) is 1.42. The Morgan fingerprint density at radius 2 is 2.08 bits per heavy atom. The molecule has 0 spiro atoms. The van der Waals surface area contributed by atoms with Gasteiger partial charge >= 0.3 is 0 Å². The molecule has 0 radical (unpaired) electrons. The van der Waals surface area contributed by atoms with Crippen LogP contribution in [0.4, 0.5) is 0 Å². The fraction of sp³-hybridized carbons (Fsp3) is 0.636. The second-order valence-corrected chi connectivity index (χ2v) is 3.49. The smallest absolute Gasteiger partial charge is 0.0227 e. The summed E-state index contributed by atoms with van der Waals surface area (Å²) in [5.41, 5.74) is 0. The molecular formula is C11H19N. The van der Waals surface area contributed by atoms with Crippen molar-refractivity contribution < 1.29 is 0 Å². The first-order valence-electron chi connectivity index (χ1n) is 4.97. The van der Waals surface area contributed by atoms with Crippen LogP contribution < -0.4 is 5.32 Å². The molecule has 0 saturated carbocycles. The molecule has 0 aromatic rings. The quantitative estimate of drug-likeness (QED) is 0.582. The molecule has 0 aromatic heterocycles. The van der Waals surface area contributed by atoms with Gasteiger partial charge in [0, 0.05) is 6.04 Å². The molecule has 1 aliphatic heterocycles. The van der Waals surface area contributed by atoms with Crippen molar-refractivity contribution in [1.29, 1.82) is 0 Å². The van der Waals surface area contributed by atoms with Crippen molar-refractivity contribution in [3.05, 3.63) is 24.4 Å². The van der Waals surface area contributed by atoms with Crippen molar-refractivity contribution in [3.8, 4) is 0 Å². The van der Waals surface area contributed by atoms with Crippen molar-refractivity contribution in [2.24, 2.45) is 0 Å². The molecule has 0 saturated heterocycles. The highest BCUT2D eigenvalue weighted by atomic mass is 14.9. The van der Waals surface area contributed by atoms with Gasteiger partial charge in [-0.3, -0.25) is 0 Å². The lowest BCUT2D eigenvalue weighted by atomic mass is 10.1. The van der Waals surface area contributed by atoms with E-state index in [2.05, 4.69) is 30.5 Å². The minimum absolute atomic E-state index is 0.632. The maximum Gasteiger partial charge on any atom is 0.0227 e. The SMILES string of the molecule is CC1CCCCC/C=C\C=C/N1. The van der Waals surface area contributed by atoms with Gasteiger partial charge in [0.05, 0.1) is 0 Å². The summed E-state index contributed by atoms with van der Waals surface area (Å²) in [6, 6.07) is 0.632. The van der Waals surface area contributed by atoms with Gasteiger partial charge in [-0.05, 0) is 38.5 Å². The predicted molar refractivity (Wildman–Crippen MR) is 54.0 cm³/mol. The second-order valence-electron chi connectivity index (χ2n) is 3.49. The van der Waals surface area contributed by atoms with Crippen molar-refractivity contribution in [1.82, 2.24) is 5.32 Å². The average molecular weight is 165 g/mol. The summed E-state index contributed by atoms with van der Waals surface area (Å²) >= 11 is 0. The number of hydrogen-bond donors (Lipinski definition) is 1. The number of nitrogens with one attached hydrogen (secondary N) is 1. The van der Waals surface area contributed by atoms with E-state index in [0.29, 0.717) is 6.04 Å². The molecule has 0 fully saturated rings. The van der Waals surface area contributed by atoms with Gasteiger partial charge in [-0.15, -0.1) is 0 Å². The Kier molecular flexibility index (Phi) is 4.58. The van der Waals surface area contributed by atoms with E-state index in [-0.39, 0.29) is 0 Å². The Balaban J connectivity index is 2.33. The third-order valence-corrected chi connectivity index (χ3v) is 2.23. The molecule has 1 heterocycles. The molecule has 1 N–H and O–H groups in total. The van der Waals surface area contributed by atoms with Crippen molar-refractivity contribution >= 4 is 0 Å². The predicted octanol–water partition coefficient (Wildman–Crippen LogP) is 3.00. The molecule has 1 nitrogen and oxygen atoms in total. The first-order chi connectivity index (χ1) is 5.89. The molecule has 12 heavy (non-hydrogen) atoms. The van der Waals surface area contributed by atoms with Gasteiger partial charge in [0.25, 0.3) is 0 Å². The zero-order valence-corrected chi connectivity index (χ0v) is 7.92. The summed E-state index contributed by atoms with van der Waals surface area (Å²) in [6.07, 6.45) is 15.1. The van der Waals surface area contributed by atoms with Crippen LogP contribution in [0.1, 0.15) is 39.0 Å². The molecule has 1 heteroatoms. The maximum absolute atomic E-state index is 3.35. The van der Waals surface area contributed by atoms with Gasteiger partial charge in [-0.1, -0.05) is 25.0 Å². The number of allylic oxidation sites excluding steroid dienone is 3. The third kappa shape index (κ3) is 4.22. The first kappa shape index (κ1) is 9.37. The Morgan fingerprint density at radius 3 is 3.00 bits per heavy atom. The zero-order chi connectivity index (χ0) is 8.65. The van der Waals surface area contributed by atoms with Crippen molar-refractivity contribution in [3.63, 3.8) is 0 Å². The summed E-state index contributed by atoms with van der Waals surface area (Å²) in [7, 11) is 0. The molecule has 1 atom stereocenters. The Morgan fingerprint density at radius 1 is 1.17 bits per heavy atom. The van der Waals surface area contributed by atoms with Crippen LogP contribution in [-0.2, 0) is 0 Å². The molecular weight excluding hydrogens is 146 g/mol. The third-order valence-electron chi connectivity index (χ3n) is 2.23. The van der Waals surface area contributed by atoms with E-state index >= 15 is 0 Å². The van der Waals surface area contributed by atoms with Gasteiger partial charge in [-0.2, -0.15) is 0 Å². The monoisotopic (exact) mass is 165 g/mol. The van der Waals surface area contributed by atoms with Crippen LogP contribution in [0.5, 0.6) is 0 Å². The summed E-state index contributed by atoms with van der Waals surface area (Å²) in [4.78, 5) is 0. The topological polar surface area (TPSA) is 12.0 Å². The van der Waals surface area contributed by atoms with Gasteiger partial charge in [-0.25, -0.2) is 0 Å². The number of rotatable bonds is 0. The van der Waals surface area contributed by atoms with Crippen LogP contribution >= 0.6 is 0 Å². The molecule has 1 rings (SSSR count). The summed E-state index contributed by atoms with van der Waals surface area (Å²) in [6.45, 7) is 2.24. The molecule has 0 amide bonds. The van der Waals surface area contributed by atoms with E-state index in [1.807, 2.05) is 6.20 Å². The molecule has 1 aliphatic rings. The summed E-state index contributed by atoms with van der Waals surface area (Å²) in [5, 5.41) is 3.35. The molecule has 1 unspecified atom stereocenters. The largest absolute Gasteiger partial charge is 0.388 e. The van der Waals surface area contributed by atoms with E-state index in [0.717, 1.165) is 0 Å². The Bertz CT molecular complexity index is 158. The molecule has 0 aromatic carbocycles. The second kappa shape index (κ2) is 5.87. The van der Waals surface area contributed by atoms with Gasteiger partial charge in [0.2, 0.25) is 0 Å².